The van der Waals surface area contributed by atoms with E-state index in [1.165, 1.54) is 36.2 Å². The molecule has 9 N–H and O–H groups in total. The molecule has 0 spiro atoms. The van der Waals surface area contributed by atoms with E-state index in [0.29, 0.717) is 39.2 Å². The molecule has 2 aliphatic heterocycles. The SMILES string of the molecule is Cc1cccc2c(OC(=O)NCCN(C)C(=O)OCc3ccc(NC(=O)[C@H](CCCNC(N)=O)NC(=O)[C@@H](NC(=O)OCCOCCN4C(=O)C=CC4=O)C(C)C)cc3)cc3c(c12)[C@H](CCl)CN3C(=O)c1cn2cc(NC(=O)c3ccc(O)cc3)ccc2n1. The molecule has 0 aliphatic carbocycles. The fourth-order valence-corrected chi connectivity index (χ4v) is 10.0. The second-order valence-corrected chi connectivity index (χ2v) is 21.4. The highest BCUT2D eigenvalue weighted by Crippen LogP contribution is 2.47. The number of nitrogens with one attached hydrogen (secondary N) is 6. The Morgan fingerprint density at radius 2 is 1.55 bits per heavy atom. The van der Waals surface area contributed by atoms with Crippen LogP contribution < -0.4 is 47.3 Å². The van der Waals surface area contributed by atoms with Crippen LogP contribution in [0.25, 0.3) is 16.4 Å². The van der Waals surface area contributed by atoms with Gasteiger partial charge in [-0.1, -0.05) is 44.2 Å². The number of phenols is 1. The summed E-state index contributed by atoms with van der Waals surface area (Å²) < 4.78 is 23.6. The van der Waals surface area contributed by atoms with Gasteiger partial charge in [0.15, 0.2) is 0 Å². The molecule has 0 unspecified atom stereocenters. The molecular weight excluding hydrogens is 1180 g/mol. The number of nitrogens with zero attached hydrogens (tertiary/aromatic N) is 5. The number of aryl methyl sites for hydroxylation is 1. The van der Waals surface area contributed by atoms with E-state index in [9.17, 15) is 53.1 Å². The van der Waals surface area contributed by atoms with Gasteiger partial charge in [0.25, 0.3) is 23.6 Å². The van der Waals surface area contributed by atoms with Crippen LogP contribution >= 0.6 is 11.6 Å². The van der Waals surface area contributed by atoms with E-state index in [2.05, 4.69) is 36.9 Å². The predicted octanol–water partition coefficient (Wildman–Crippen LogP) is 5.66. The molecule has 6 aromatic rings. The van der Waals surface area contributed by atoms with Crippen molar-refractivity contribution < 1.29 is 72.0 Å². The number of benzene rings is 4. The van der Waals surface area contributed by atoms with E-state index in [1.54, 1.807) is 78.0 Å². The molecule has 2 aliphatic rings. The molecule has 8 rings (SSSR count). The number of imide groups is 1. The summed E-state index contributed by atoms with van der Waals surface area (Å²) in [5.41, 5.74) is 9.60. The lowest BCUT2D eigenvalue weighted by molar-refractivity contribution is -0.137. The number of amides is 11. The zero-order valence-corrected chi connectivity index (χ0v) is 49.8. The Labute approximate surface area is 515 Å². The van der Waals surface area contributed by atoms with Crippen LogP contribution in [0.15, 0.2) is 109 Å². The van der Waals surface area contributed by atoms with Crippen LogP contribution in [0, 0.1) is 12.8 Å². The molecule has 28 heteroatoms. The van der Waals surface area contributed by atoms with Crippen molar-refractivity contribution in [3.8, 4) is 11.5 Å². The first-order valence-corrected chi connectivity index (χ1v) is 28.9. The minimum Gasteiger partial charge on any atom is -0.508 e. The van der Waals surface area contributed by atoms with Gasteiger partial charge in [-0.3, -0.25) is 33.7 Å². The van der Waals surface area contributed by atoms with Gasteiger partial charge in [0.2, 0.25) is 11.8 Å². The van der Waals surface area contributed by atoms with Crippen molar-refractivity contribution in [2.75, 3.05) is 81.0 Å². The number of pyridine rings is 1. The maximum Gasteiger partial charge on any atom is 0.412 e. The van der Waals surface area contributed by atoms with E-state index in [4.69, 9.17) is 36.3 Å². The van der Waals surface area contributed by atoms with Crippen LogP contribution in [0.2, 0.25) is 0 Å². The first-order chi connectivity index (χ1) is 42.7. The van der Waals surface area contributed by atoms with Crippen LogP contribution in [0.3, 0.4) is 0 Å². The molecule has 0 saturated carbocycles. The number of hydrogen-bond donors (Lipinski definition) is 8. The minimum absolute atomic E-state index is 0.0149. The summed E-state index contributed by atoms with van der Waals surface area (Å²) in [6, 6.07) is 19.6. The number of fused-ring (bicyclic) bond motifs is 4. The van der Waals surface area contributed by atoms with Gasteiger partial charge in [-0.15, -0.1) is 11.6 Å². The van der Waals surface area contributed by atoms with Crippen LogP contribution in [-0.4, -0.2) is 162 Å². The smallest absolute Gasteiger partial charge is 0.412 e. The molecule has 4 heterocycles. The number of primary amides is 1. The minimum atomic E-state index is -1.14. The second kappa shape index (κ2) is 29.9. The van der Waals surface area contributed by atoms with Gasteiger partial charge >= 0.3 is 24.3 Å². The lowest BCUT2D eigenvalue weighted by Crippen LogP contribution is -2.54. The summed E-state index contributed by atoms with van der Waals surface area (Å²) in [5.74, 6) is -3.39. The topological polar surface area (TPSA) is 353 Å². The molecule has 4 aromatic carbocycles. The third-order valence-electron chi connectivity index (χ3n) is 14.4. The first kappa shape index (κ1) is 64.7. The third kappa shape index (κ3) is 16.8. The van der Waals surface area contributed by atoms with E-state index in [-0.39, 0.29) is 101 Å². The number of urea groups is 1. The monoisotopic (exact) mass is 1240 g/mol. The number of phenolic OH excluding ortho intramolecular Hbond substituents is 1. The number of alkyl carbamates (subject to hydrolysis) is 1. The van der Waals surface area contributed by atoms with Crippen molar-refractivity contribution in [2.24, 2.45) is 11.7 Å². The first-order valence-electron chi connectivity index (χ1n) is 28.3. The summed E-state index contributed by atoms with van der Waals surface area (Å²) in [7, 11) is 1.48. The quantitative estimate of drug-likeness (QED) is 0.0185. The maximum absolute atomic E-state index is 14.4. The standard InChI is InChI=1S/C61H67ClN12O15/c1-35(2)53(70-60(84)87-28-27-86-26-25-73-49(76)20-21-50(73)77)56(80)69-44(9-6-22-64-58(63)82)55(79)66-40-14-10-37(11-15-40)34-88-61(85)71(4)24-23-65-59(83)89-47-29-46-52(51-36(3)7-5-8-43(47)51)39(30-62)31-74(46)57(81)45-33-72-32-41(16-19-48(72)68-45)67-54(78)38-12-17-42(75)18-13-38/h5,7-8,10-21,29,32-33,35,39,44,53,75H,6,9,22-28,30-31,34H2,1-4H3,(H,65,83)(H,66,79)(H,67,78)(H,69,80)(H,70,84)(H3,63,64,82)/t39-,44+,53+/m1/s1. The number of rotatable bonds is 26. The Bertz CT molecular complexity index is 3670. The second-order valence-electron chi connectivity index (χ2n) is 21.1. The molecule has 0 bridgehead atoms. The molecule has 0 fully saturated rings. The number of imidazole rings is 1. The number of alkyl halides is 1. The van der Waals surface area contributed by atoms with E-state index < -0.39 is 77.8 Å². The Kier molecular flexibility index (Phi) is 21.7. The van der Waals surface area contributed by atoms with Crippen molar-refractivity contribution in [1.29, 1.82) is 0 Å². The van der Waals surface area contributed by atoms with E-state index in [1.807, 2.05) is 25.1 Å². The Hall–Kier alpha value is -10.3. The van der Waals surface area contributed by atoms with Crippen molar-refractivity contribution >= 4 is 105 Å². The summed E-state index contributed by atoms with van der Waals surface area (Å²) >= 11 is 6.58. The molecule has 0 radical (unpaired) electrons. The average Bonchev–Trinajstić information content (AvgIpc) is 1.67. The Morgan fingerprint density at radius 3 is 2.26 bits per heavy atom. The predicted molar refractivity (Wildman–Crippen MR) is 326 cm³/mol. The molecule has 11 amide bonds. The average molecular weight is 1240 g/mol. The van der Waals surface area contributed by atoms with E-state index >= 15 is 0 Å². The van der Waals surface area contributed by atoms with E-state index in [0.717, 1.165) is 33.6 Å². The largest absolute Gasteiger partial charge is 0.508 e. The molecule has 89 heavy (non-hydrogen) atoms. The number of carbonyl (C=O) groups excluding carboxylic acids is 10. The maximum atomic E-state index is 14.4. The number of aromatic nitrogens is 2. The highest BCUT2D eigenvalue weighted by Gasteiger charge is 2.37. The van der Waals surface area contributed by atoms with Crippen molar-refractivity contribution in [3.63, 3.8) is 0 Å². The van der Waals surface area contributed by atoms with Crippen LogP contribution in [0.1, 0.15) is 70.1 Å². The molecule has 3 atom stereocenters. The lowest BCUT2D eigenvalue weighted by atomic mass is 9.92. The number of ether oxygens (including phenoxy) is 4. The number of nitrogens with two attached hydrogens (primary N) is 1. The molecule has 468 valence electrons. The number of carbonyl (C=O) groups is 10. The number of hydrogen-bond acceptors (Lipinski definition) is 16. The number of anilines is 3. The zero-order valence-electron chi connectivity index (χ0n) is 49.0. The van der Waals surface area contributed by atoms with Crippen LogP contribution in [0.5, 0.6) is 11.5 Å². The fraction of sp³-hybridized carbons (Fsp3) is 0.328. The van der Waals surface area contributed by atoms with Gasteiger partial charge in [-0.05, 0) is 96.3 Å². The summed E-state index contributed by atoms with van der Waals surface area (Å²) in [6.07, 6.45) is 3.32. The zero-order chi connectivity index (χ0) is 63.9. The van der Waals surface area contributed by atoms with Gasteiger partial charge in [0.1, 0.15) is 48.1 Å². The lowest BCUT2D eigenvalue weighted by Gasteiger charge is -2.25. The Balaban J connectivity index is 0.813. The van der Waals surface area contributed by atoms with Crippen molar-refractivity contribution in [1.82, 2.24) is 40.5 Å². The van der Waals surface area contributed by atoms with Gasteiger partial charge in [0, 0.05) is 92.3 Å². The normalized spacial score (nSPS) is 14.0. The van der Waals surface area contributed by atoms with Crippen molar-refractivity contribution in [3.05, 3.63) is 137 Å². The molecular formula is C61H67ClN12O15. The highest BCUT2D eigenvalue weighted by molar-refractivity contribution is 6.19. The van der Waals surface area contributed by atoms with Gasteiger partial charge in [-0.25, -0.2) is 24.2 Å². The van der Waals surface area contributed by atoms with Gasteiger partial charge in [-0.2, -0.15) is 0 Å². The van der Waals surface area contributed by atoms with Crippen molar-refractivity contribution in [2.45, 2.75) is 58.2 Å². The van der Waals surface area contributed by atoms with Gasteiger partial charge < -0.3 is 75.9 Å². The molecule has 0 saturated heterocycles. The number of halogens is 1. The fourth-order valence-electron chi connectivity index (χ4n) is 9.79. The summed E-state index contributed by atoms with van der Waals surface area (Å²) in [4.78, 5) is 137. The molecule has 27 nitrogen and oxygen atoms in total. The Morgan fingerprint density at radius 1 is 0.820 bits per heavy atom. The summed E-state index contributed by atoms with van der Waals surface area (Å²) in [5, 5.41) is 26.9. The summed E-state index contributed by atoms with van der Waals surface area (Å²) in [6.45, 7) is 5.19. The number of aromatic hydroxyl groups is 1. The highest BCUT2D eigenvalue weighted by atomic mass is 35.5. The third-order valence-corrected chi connectivity index (χ3v) is 14.8. The van der Waals surface area contributed by atoms with Crippen LogP contribution in [-0.2, 0) is 40.0 Å². The van der Waals surface area contributed by atoms with Crippen LogP contribution in [0.4, 0.5) is 36.2 Å². The van der Waals surface area contributed by atoms with Gasteiger partial charge in [0.05, 0.1) is 31.1 Å². The number of likely N-dealkylation sites (N-methyl/N-ethyl adjacent to an activating group) is 1. The molecule has 2 aromatic heterocycles.